The predicted molar refractivity (Wildman–Crippen MR) is 72.4 cm³/mol. The maximum Gasteiger partial charge on any atom is 0.156 e. The highest BCUT2D eigenvalue weighted by molar-refractivity contribution is 6.36. The first-order valence-corrected chi connectivity index (χ1v) is 6.21. The molecule has 3 aromatic rings. The van der Waals surface area contributed by atoms with E-state index in [9.17, 15) is 0 Å². The number of fused-ring (bicyclic) bond motifs is 1. The van der Waals surface area contributed by atoms with Crippen LogP contribution in [0.5, 0.6) is 0 Å². The van der Waals surface area contributed by atoms with Crippen molar-refractivity contribution in [2.24, 2.45) is 0 Å². The molecule has 18 heavy (non-hydrogen) atoms. The Morgan fingerprint density at radius 3 is 2.61 bits per heavy atom. The van der Waals surface area contributed by atoms with Gasteiger partial charge in [-0.25, -0.2) is 4.98 Å². The van der Waals surface area contributed by atoms with Crippen molar-refractivity contribution in [1.82, 2.24) is 9.38 Å². The van der Waals surface area contributed by atoms with E-state index in [0.717, 1.165) is 22.8 Å². The van der Waals surface area contributed by atoms with Crippen LogP contribution in [0.4, 0.5) is 0 Å². The third kappa shape index (κ3) is 1.80. The first kappa shape index (κ1) is 11.6. The van der Waals surface area contributed by atoms with Crippen molar-refractivity contribution in [3.8, 4) is 11.3 Å². The number of hydrogen-bond acceptors (Lipinski definition) is 2. The molecule has 0 spiro atoms. The molecule has 0 fully saturated rings. The third-order valence-corrected chi connectivity index (χ3v) is 3.27. The Kier molecular flexibility index (Phi) is 2.61. The predicted octanol–water partition coefficient (Wildman–Crippen LogP) is 4.52. The molecule has 0 aromatic carbocycles. The minimum atomic E-state index is 0.534. The second-order valence-corrected chi connectivity index (χ2v) is 5.03. The van der Waals surface area contributed by atoms with Gasteiger partial charge >= 0.3 is 0 Å². The summed E-state index contributed by atoms with van der Waals surface area (Å²) < 4.78 is 7.33. The van der Waals surface area contributed by atoms with Gasteiger partial charge in [-0.2, -0.15) is 0 Å². The molecular formula is C13H10Cl2N2O. The van der Waals surface area contributed by atoms with Crippen LogP contribution in [0.25, 0.3) is 16.9 Å². The van der Waals surface area contributed by atoms with Crippen LogP contribution in [0.2, 0.25) is 10.0 Å². The summed E-state index contributed by atoms with van der Waals surface area (Å²) in [5, 5.41) is 1.11. The number of imidazole rings is 1. The van der Waals surface area contributed by atoms with Crippen molar-refractivity contribution in [3.05, 3.63) is 46.1 Å². The van der Waals surface area contributed by atoms with Gasteiger partial charge in [-0.15, -0.1) is 0 Å². The van der Waals surface area contributed by atoms with Crippen molar-refractivity contribution in [2.45, 2.75) is 13.8 Å². The van der Waals surface area contributed by atoms with Crippen LogP contribution in [-0.2, 0) is 0 Å². The Labute approximate surface area is 114 Å². The van der Waals surface area contributed by atoms with E-state index in [-0.39, 0.29) is 0 Å². The Morgan fingerprint density at radius 1 is 1.17 bits per heavy atom. The van der Waals surface area contributed by atoms with Gasteiger partial charge in [-0.3, -0.25) is 0 Å². The zero-order chi connectivity index (χ0) is 12.9. The molecule has 0 saturated carbocycles. The van der Waals surface area contributed by atoms with E-state index in [2.05, 4.69) is 4.98 Å². The molecule has 0 aliphatic rings. The molecule has 3 heterocycles. The Bertz CT molecular complexity index is 743. The lowest BCUT2D eigenvalue weighted by Crippen LogP contribution is -1.82. The Morgan fingerprint density at radius 2 is 1.94 bits per heavy atom. The maximum atomic E-state index is 6.12. The lowest BCUT2D eigenvalue weighted by Gasteiger charge is -1.95. The standard InChI is InChI=1S/C13H10Cl2N2O/c1-7-3-10(8(2)18-7)12-6-17-5-9(14)4-11(15)13(17)16-12/h3-6H,1-2H3. The fraction of sp³-hybridized carbons (Fsp3) is 0.154. The number of halogens is 2. The Balaban J connectivity index is 2.25. The third-order valence-electron chi connectivity index (χ3n) is 2.79. The Hall–Kier alpha value is -1.45. The SMILES string of the molecule is Cc1cc(-c2cn3cc(Cl)cc(Cl)c3n2)c(C)o1. The minimum absolute atomic E-state index is 0.534. The molecule has 0 unspecified atom stereocenters. The summed E-state index contributed by atoms with van der Waals surface area (Å²) in [5.41, 5.74) is 2.49. The fourth-order valence-electron chi connectivity index (χ4n) is 2.04. The average molecular weight is 281 g/mol. The van der Waals surface area contributed by atoms with Gasteiger partial charge in [0.15, 0.2) is 5.65 Å². The van der Waals surface area contributed by atoms with Crippen LogP contribution in [0.1, 0.15) is 11.5 Å². The van der Waals surface area contributed by atoms with Gasteiger partial charge in [0, 0.05) is 18.0 Å². The van der Waals surface area contributed by atoms with Gasteiger partial charge in [0.1, 0.15) is 11.5 Å². The topological polar surface area (TPSA) is 30.4 Å². The number of aryl methyl sites for hydroxylation is 2. The normalized spacial score (nSPS) is 11.3. The van der Waals surface area contributed by atoms with Crippen molar-refractivity contribution >= 4 is 28.8 Å². The van der Waals surface area contributed by atoms with Crippen LogP contribution in [0, 0.1) is 13.8 Å². The van der Waals surface area contributed by atoms with Gasteiger partial charge < -0.3 is 8.82 Å². The quantitative estimate of drug-likeness (QED) is 0.656. The number of aromatic nitrogens is 2. The van der Waals surface area contributed by atoms with E-state index >= 15 is 0 Å². The summed E-state index contributed by atoms with van der Waals surface area (Å²) >= 11 is 12.1. The summed E-state index contributed by atoms with van der Waals surface area (Å²) in [5.74, 6) is 1.71. The second-order valence-electron chi connectivity index (χ2n) is 4.19. The highest BCUT2D eigenvalue weighted by atomic mass is 35.5. The zero-order valence-electron chi connectivity index (χ0n) is 9.87. The minimum Gasteiger partial charge on any atom is -0.466 e. The fourth-order valence-corrected chi connectivity index (χ4v) is 2.57. The van der Waals surface area contributed by atoms with Crippen LogP contribution in [-0.4, -0.2) is 9.38 Å². The summed E-state index contributed by atoms with van der Waals surface area (Å²) in [6, 6.07) is 3.65. The molecule has 0 N–H and O–H groups in total. The molecule has 0 atom stereocenters. The lowest BCUT2D eigenvalue weighted by molar-refractivity contribution is 0.505. The molecule has 0 amide bonds. The molecular weight excluding hydrogens is 271 g/mol. The molecule has 0 radical (unpaired) electrons. The zero-order valence-corrected chi connectivity index (χ0v) is 11.4. The first-order chi connectivity index (χ1) is 8.54. The molecule has 0 aliphatic carbocycles. The van der Waals surface area contributed by atoms with E-state index < -0.39 is 0 Å². The van der Waals surface area contributed by atoms with Gasteiger partial charge in [-0.05, 0) is 26.0 Å². The lowest BCUT2D eigenvalue weighted by atomic mass is 10.2. The molecule has 0 aliphatic heterocycles. The number of hydrogen-bond donors (Lipinski definition) is 0. The van der Waals surface area contributed by atoms with Crippen molar-refractivity contribution in [3.63, 3.8) is 0 Å². The van der Waals surface area contributed by atoms with E-state index in [1.165, 1.54) is 0 Å². The molecule has 92 valence electrons. The van der Waals surface area contributed by atoms with Gasteiger partial charge in [0.25, 0.3) is 0 Å². The first-order valence-electron chi connectivity index (χ1n) is 5.46. The van der Waals surface area contributed by atoms with Crippen LogP contribution in [0.3, 0.4) is 0 Å². The maximum absolute atomic E-state index is 6.12. The van der Waals surface area contributed by atoms with E-state index in [0.29, 0.717) is 15.7 Å². The highest BCUT2D eigenvalue weighted by Gasteiger charge is 2.13. The van der Waals surface area contributed by atoms with Crippen molar-refractivity contribution < 1.29 is 4.42 Å². The average Bonchev–Trinajstić information content (AvgIpc) is 2.81. The molecule has 3 rings (SSSR count). The van der Waals surface area contributed by atoms with Gasteiger partial charge in [-0.1, -0.05) is 23.2 Å². The van der Waals surface area contributed by atoms with E-state index in [4.69, 9.17) is 27.6 Å². The summed E-state index contributed by atoms with van der Waals surface area (Å²) in [4.78, 5) is 4.51. The number of rotatable bonds is 1. The van der Waals surface area contributed by atoms with Gasteiger partial charge in [0.2, 0.25) is 0 Å². The van der Waals surface area contributed by atoms with Crippen LogP contribution < -0.4 is 0 Å². The van der Waals surface area contributed by atoms with Crippen LogP contribution >= 0.6 is 23.2 Å². The van der Waals surface area contributed by atoms with Crippen molar-refractivity contribution in [1.29, 1.82) is 0 Å². The van der Waals surface area contributed by atoms with E-state index in [1.807, 2.05) is 30.5 Å². The molecule has 5 heteroatoms. The number of nitrogens with zero attached hydrogens (tertiary/aromatic N) is 2. The molecule has 0 bridgehead atoms. The van der Waals surface area contributed by atoms with E-state index in [1.54, 1.807) is 12.3 Å². The molecule has 0 saturated heterocycles. The van der Waals surface area contributed by atoms with Crippen molar-refractivity contribution in [2.75, 3.05) is 0 Å². The summed E-state index contributed by atoms with van der Waals surface area (Å²) in [6.45, 7) is 3.83. The molecule has 3 nitrogen and oxygen atoms in total. The van der Waals surface area contributed by atoms with Gasteiger partial charge in [0.05, 0.1) is 15.7 Å². The summed E-state index contributed by atoms with van der Waals surface area (Å²) in [7, 11) is 0. The molecule has 3 aromatic heterocycles. The largest absolute Gasteiger partial charge is 0.466 e. The summed E-state index contributed by atoms with van der Waals surface area (Å²) in [6.07, 6.45) is 3.67. The number of furan rings is 1. The smallest absolute Gasteiger partial charge is 0.156 e. The number of pyridine rings is 1. The highest BCUT2D eigenvalue weighted by Crippen LogP contribution is 2.29. The van der Waals surface area contributed by atoms with Crippen LogP contribution in [0.15, 0.2) is 28.9 Å². The monoisotopic (exact) mass is 280 g/mol. The second kappa shape index (κ2) is 4.04.